The molecule has 1 aromatic heterocycles. The predicted octanol–water partition coefficient (Wildman–Crippen LogP) is 2.55. The Bertz CT molecular complexity index is 541. The Morgan fingerprint density at radius 2 is 2.19 bits per heavy atom. The molecule has 1 heterocycles. The molecule has 6 heteroatoms. The number of carbonyl (C=O) groups excluding carboxylic acids is 1. The molecular weight excluding hydrogens is 286 g/mol. The maximum atomic E-state index is 11.9. The van der Waals surface area contributed by atoms with Gasteiger partial charge < -0.3 is 10.4 Å². The second kappa shape index (κ2) is 5.25. The number of hydrogen-bond donors (Lipinski definition) is 3. The van der Waals surface area contributed by atoms with Crippen molar-refractivity contribution in [2.24, 2.45) is 17.8 Å². The molecule has 4 rings (SSSR count). The summed E-state index contributed by atoms with van der Waals surface area (Å²) in [6.45, 7) is 0.709. The molecule has 0 radical (unpaired) electrons. The van der Waals surface area contributed by atoms with E-state index < -0.39 is 0 Å². The fraction of sp³-hybridized carbons (Fsp3) is 0.733. The summed E-state index contributed by atoms with van der Waals surface area (Å²) < 4.78 is 0. The maximum Gasteiger partial charge on any atom is 0.321 e. The Balaban J connectivity index is 1.24. The first-order valence-electron chi connectivity index (χ1n) is 7.87. The fourth-order valence-electron chi connectivity index (χ4n) is 3.88. The summed E-state index contributed by atoms with van der Waals surface area (Å²) >= 11 is 1.59. The van der Waals surface area contributed by atoms with Crippen LogP contribution in [0.3, 0.4) is 0 Å². The second-order valence-corrected chi connectivity index (χ2v) is 7.79. The first kappa shape index (κ1) is 13.5. The molecule has 0 aromatic carbocycles. The van der Waals surface area contributed by atoms with Crippen LogP contribution in [0.5, 0.6) is 0 Å². The molecule has 114 valence electrons. The van der Waals surface area contributed by atoms with Crippen LogP contribution in [0.1, 0.15) is 42.9 Å². The van der Waals surface area contributed by atoms with Crippen LogP contribution < -0.4 is 10.6 Å². The maximum absolute atomic E-state index is 11.9. The van der Waals surface area contributed by atoms with Crippen molar-refractivity contribution in [2.75, 3.05) is 11.9 Å². The van der Waals surface area contributed by atoms with Crippen LogP contribution in [0.25, 0.3) is 0 Å². The number of rotatable bonds is 4. The zero-order chi connectivity index (χ0) is 14.4. The number of fused-ring (bicyclic) bond motifs is 2. The molecule has 3 N–H and O–H groups in total. The van der Waals surface area contributed by atoms with E-state index in [2.05, 4.69) is 15.6 Å². The van der Waals surface area contributed by atoms with E-state index in [4.69, 9.17) is 0 Å². The van der Waals surface area contributed by atoms with Crippen molar-refractivity contribution in [3.63, 3.8) is 0 Å². The highest BCUT2D eigenvalue weighted by atomic mass is 32.1. The molecule has 2 amide bonds. The topological polar surface area (TPSA) is 74.2 Å². The van der Waals surface area contributed by atoms with E-state index in [0.717, 1.165) is 19.3 Å². The number of aromatic nitrogens is 1. The molecule has 2 bridgehead atoms. The van der Waals surface area contributed by atoms with Crippen LogP contribution in [0.2, 0.25) is 0 Å². The van der Waals surface area contributed by atoms with E-state index in [1.54, 1.807) is 11.3 Å². The number of carbonyl (C=O) groups is 1. The summed E-state index contributed by atoms with van der Waals surface area (Å²) in [6.07, 6.45) is 7.39. The summed E-state index contributed by atoms with van der Waals surface area (Å²) in [4.78, 5) is 17.5. The van der Waals surface area contributed by atoms with Gasteiger partial charge in [-0.05, 0) is 55.8 Å². The van der Waals surface area contributed by atoms with Crippen LogP contribution in [-0.2, 0) is 0 Å². The van der Waals surface area contributed by atoms with Gasteiger partial charge in [0.1, 0.15) is 0 Å². The van der Waals surface area contributed by atoms with Crippen LogP contribution in [0.15, 0.2) is 6.20 Å². The third kappa shape index (κ3) is 2.79. The van der Waals surface area contributed by atoms with E-state index in [1.807, 2.05) is 6.20 Å². The number of hydrogen-bond acceptors (Lipinski definition) is 4. The van der Waals surface area contributed by atoms with E-state index >= 15 is 0 Å². The lowest BCUT2D eigenvalue weighted by Gasteiger charge is -2.24. The first-order valence-corrected chi connectivity index (χ1v) is 8.69. The highest BCUT2D eigenvalue weighted by molar-refractivity contribution is 7.15. The minimum Gasteiger partial charge on any atom is -0.393 e. The molecule has 3 aliphatic carbocycles. The Hall–Kier alpha value is -1.14. The van der Waals surface area contributed by atoms with Crippen molar-refractivity contribution in [3.8, 4) is 0 Å². The zero-order valence-electron chi connectivity index (χ0n) is 11.9. The third-order valence-electron chi connectivity index (χ3n) is 5.21. The van der Waals surface area contributed by atoms with E-state index in [0.29, 0.717) is 35.3 Å². The van der Waals surface area contributed by atoms with Crippen molar-refractivity contribution in [3.05, 3.63) is 11.1 Å². The van der Waals surface area contributed by atoms with Gasteiger partial charge in [-0.2, -0.15) is 0 Å². The van der Waals surface area contributed by atoms with Crippen molar-refractivity contribution < 1.29 is 9.90 Å². The highest BCUT2D eigenvalue weighted by Crippen LogP contribution is 2.48. The van der Waals surface area contributed by atoms with Crippen LogP contribution in [0.4, 0.5) is 9.93 Å². The molecule has 1 aromatic rings. The molecule has 3 fully saturated rings. The lowest BCUT2D eigenvalue weighted by molar-refractivity contribution is 0.0954. The van der Waals surface area contributed by atoms with Crippen molar-refractivity contribution in [1.82, 2.24) is 10.3 Å². The number of aliphatic hydroxyl groups excluding tert-OH is 1. The average Bonchev–Trinajstić information content (AvgIpc) is 2.91. The lowest BCUT2D eigenvalue weighted by atomic mass is 9.87. The van der Waals surface area contributed by atoms with Gasteiger partial charge >= 0.3 is 6.03 Å². The van der Waals surface area contributed by atoms with Crippen LogP contribution >= 0.6 is 11.3 Å². The largest absolute Gasteiger partial charge is 0.393 e. The number of thiazole rings is 1. The standard InChI is InChI=1S/C15H21N3O2S/c19-12-5-9-3-10(12)4-11(9)6-16-14(20)18-15-17-7-13(21-15)8-1-2-8/h7-12,19H,1-6H2,(H2,16,17,18,20)/t9-,10-,11+,12-/m1/s1. The second-order valence-electron chi connectivity index (χ2n) is 6.73. The van der Waals surface area contributed by atoms with Gasteiger partial charge in [0.2, 0.25) is 0 Å². The monoisotopic (exact) mass is 307 g/mol. The molecule has 21 heavy (non-hydrogen) atoms. The van der Waals surface area contributed by atoms with Crippen molar-refractivity contribution in [2.45, 2.75) is 44.1 Å². The van der Waals surface area contributed by atoms with Gasteiger partial charge in [0.25, 0.3) is 0 Å². The van der Waals surface area contributed by atoms with E-state index in [9.17, 15) is 9.90 Å². The van der Waals surface area contributed by atoms with Gasteiger partial charge in [0, 0.05) is 17.6 Å². The van der Waals surface area contributed by atoms with E-state index in [-0.39, 0.29) is 12.1 Å². The summed E-state index contributed by atoms with van der Waals surface area (Å²) in [7, 11) is 0. The molecule has 0 unspecified atom stereocenters. The number of nitrogens with zero attached hydrogens (tertiary/aromatic N) is 1. The Morgan fingerprint density at radius 3 is 2.86 bits per heavy atom. The Kier molecular flexibility index (Phi) is 3.38. The molecule has 3 aliphatic rings. The molecule has 3 saturated carbocycles. The first-order chi connectivity index (χ1) is 10.2. The van der Waals surface area contributed by atoms with Crippen molar-refractivity contribution >= 4 is 22.5 Å². The van der Waals surface area contributed by atoms with Gasteiger partial charge in [0.15, 0.2) is 5.13 Å². The SMILES string of the molecule is O=C(NC[C@@H]1C[C@H]2C[C@@H]1C[C@H]2O)Nc1ncc(C2CC2)s1. The van der Waals surface area contributed by atoms with Gasteiger partial charge in [0.05, 0.1) is 6.10 Å². The molecule has 5 nitrogen and oxygen atoms in total. The van der Waals surface area contributed by atoms with Crippen molar-refractivity contribution in [1.29, 1.82) is 0 Å². The number of anilines is 1. The minimum atomic E-state index is -0.157. The number of amides is 2. The van der Waals surface area contributed by atoms with Gasteiger partial charge in [-0.15, -0.1) is 11.3 Å². The number of nitrogens with one attached hydrogen (secondary N) is 2. The average molecular weight is 307 g/mol. The lowest BCUT2D eigenvalue weighted by Crippen LogP contribution is -2.36. The fourth-order valence-corrected chi connectivity index (χ4v) is 4.86. The van der Waals surface area contributed by atoms with Gasteiger partial charge in [-0.25, -0.2) is 9.78 Å². The van der Waals surface area contributed by atoms with Crippen LogP contribution in [0, 0.1) is 17.8 Å². The summed E-state index contributed by atoms with van der Waals surface area (Å²) in [6, 6.07) is -0.157. The normalized spacial score (nSPS) is 34.1. The highest BCUT2D eigenvalue weighted by Gasteiger charge is 2.44. The predicted molar refractivity (Wildman–Crippen MR) is 81.4 cm³/mol. The van der Waals surface area contributed by atoms with Gasteiger partial charge in [-0.1, -0.05) is 0 Å². The summed E-state index contributed by atoms with van der Waals surface area (Å²) in [5.74, 6) is 2.26. The smallest absolute Gasteiger partial charge is 0.321 e. The zero-order valence-corrected chi connectivity index (χ0v) is 12.7. The molecule has 0 aliphatic heterocycles. The Morgan fingerprint density at radius 1 is 1.33 bits per heavy atom. The number of aliphatic hydroxyl groups is 1. The van der Waals surface area contributed by atoms with Gasteiger partial charge in [-0.3, -0.25) is 5.32 Å². The Labute approximate surface area is 128 Å². The quantitative estimate of drug-likeness (QED) is 0.800. The molecule has 0 saturated heterocycles. The van der Waals surface area contributed by atoms with Crippen LogP contribution in [-0.4, -0.2) is 28.8 Å². The van der Waals surface area contributed by atoms with E-state index in [1.165, 1.54) is 17.7 Å². The summed E-state index contributed by atoms with van der Waals surface area (Å²) in [5.41, 5.74) is 0. The minimum absolute atomic E-state index is 0.101. The molecule has 0 spiro atoms. The third-order valence-corrected chi connectivity index (χ3v) is 6.29. The number of urea groups is 1. The summed E-state index contributed by atoms with van der Waals surface area (Å²) in [5, 5.41) is 16.2. The molecule has 4 atom stereocenters. The molecular formula is C15H21N3O2S.